The lowest BCUT2D eigenvalue weighted by molar-refractivity contribution is -0.133. The Balaban J connectivity index is 1.06. The number of rotatable bonds is 7. The maximum absolute atomic E-state index is 12.9. The van der Waals surface area contributed by atoms with Gasteiger partial charge in [0, 0.05) is 37.1 Å². The number of fused-ring (bicyclic) bond motifs is 3. The average molecular weight is 479 g/mol. The average Bonchev–Trinajstić information content (AvgIpc) is 3.42. The van der Waals surface area contributed by atoms with Crippen molar-refractivity contribution in [3.05, 3.63) is 90.9 Å². The molecule has 2 aromatic heterocycles. The number of amides is 1. The molecule has 1 N–H and O–H groups in total. The van der Waals surface area contributed by atoms with Gasteiger partial charge in [0.15, 0.2) is 0 Å². The van der Waals surface area contributed by atoms with E-state index in [-0.39, 0.29) is 11.8 Å². The molecule has 2 aromatic carbocycles. The summed E-state index contributed by atoms with van der Waals surface area (Å²) in [5.41, 5.74) is 5.38. The van der Waals surface area contributed by atoms with Gasteiger partial charge >= 0.3 is 0 Å². The first kappa shape index (κ1) is 22.6. The van der Waals surface area contributed by atoms with Crippen LogP contribution < -0.4 is 5.32 Å². The molecule has 3 aliphatic heterocycles. The van der Waals surface area contributed by atoms with E-state index in [1.165, 1.54) is 11.1 Å². The van der Waals surface area contributed by atoms with E-state index < -0.39 is 0 Å². The Labute approximate surface area is 211 Å². The summed E-state index contributed by atoms with van der Waals surface area (Å²) in [7, 11) is 0. The highest BCUT2D eigenvalue weighted by Crippen LogP contribution is 2.37. The van der Waals surface area contributed by atoms with Crippen LogP contribution in [-0.2, 0) is 17.9 Å². The highest BCUT2D eigenvalue weighted by atomic mass is 16.1. The molecule has 4 atom stereocenters. The Morgan fingerprint density at radius 3 is 2.53 bits per heavy atom. The molecule has 5 heterocycles. The zero-order valence-corrected chi connectivity index (χ0v) is 20.2. The third-order valence-corrected chi connectivity index (χ3v) is 7.63. The van der Waals surface area contributed by atoms with Crippen LogP contribution in [0.2, 0.25) is 0 Å². The molecule has 4 aromatic rings. The number of carbonyl (C=O) groups excluding carboxylic acids is 1. The van der Waals surface area contributed by atoms with Crippen molar-refractivity contribution in [2.45, 2.75) is 32.0 Å². The molecule has 0 radical (unpaired) electrons. The van der Waals surface area contributed by atoms with Gasteiger partial charge in [-0.15, -0.1) is 5.10 Å². The summed E-state index contributed by atoms with van der Waals surface area (Å²) in [5, 5.41) is 12.0. The molecule has 1 unspecified atom stereocenters. The van der Waals surface area contributed by atoms with Gasteiger partial charge in [0.1, 0.15) is 5.69 Å². The van der Waals surface area contributed by atoms with E-state index in [9.17, 15) is 4.79 Å². The number of piperidine rings is 3. The van der Waals surface area contributed by atoms with Crippen molar-refractivity contribution in [1.82, 2.24) is 30.2 Å². The predicted octanol–water partition coefficient (Wildman–Crippen LogP) is 4.03. The summed E-state index contributed by atoms with van der Waals surface area (Å²) < 4.78 is 1.96. The summed E-state index contributed by atoms with van der Waals surface area (Å²) in [6.45, 7) is 3.20. The molecular weight excluding hydrogens is 448 g/mol. The van der Waals surface area contributed by atoms with Crippen LogP contribution in [0.5, 0.6) is 0 Å². The molecule has 36 heavy (non-hydrogen) atoms. The zero-order chi connectivity index (χ0) is 24.3. The Hall–Kier alpha value is -3.84. The topological polar surface area (TPSA) is 75.9 Å². The van der Waals surface area contributed by atoms with Gasteiger partial charge in [-0.1, -0.05) is 65.9 Å². The zero-order valence-electron chi connectivity index (χ0n) is 20.2. The van der Waals surface area contributed by atoms with Crippen LogP contribution >= 0.6 is 0 Å². The third-order valence-electron chi connectivity index (χ3n) is 7.63. The van der Waals surface area contributed by atoms with Crippen LogP contribution in [0.25, 0.3) is 22.4 Å². The number of nitrogens with one attached hydrogen (secondary N) is 1. The third kappa shape index (κ3) is 4.79. The van der Waals surface area contributed by atoms with Crippen LogP contribution in [-0.4, -0.2) is 49.9 Å². The van der Waals surface area contributed by atoms with Crippen molar-refractivity contribution < 1.29 is 4.79 Å². The number of pyridine rings is 1. The molecule has 3 saturated heterocycles. The van der Waals surface area contributed by atoms with Gasteiger partial charge in [-0.05, 0) is 48.1 Å². The van der Waals surface area contributed by atoms with E-state index in [2.05, 4.69) is 74.0 Å². The second-order valence-corrected chi connectivity index (χ2v) is 9.89. The molecule has 0 saturated carbocycles. The van der Waals surface area contributed by atoms with Crippen molar-refractivity contribution >= 4 is 5.91 Å². The molecule has 1 amide bonds. The first-order chi connectivity index (χ1) is 17.7. The van der Waals surface area contributed by atoms with Crippen LogP contribution in [0.3, 0.4) is 0 Å². The molecule has 3 fully saturated rings. The molecule has 0 spiro atoms. The largest absolute Gasteiger partial charge is 0.352 e. The standard InChI is InChI=1S/C29H30N6O/c36-29(31-17-21-5-4-13-30-16-21)27-19-34-14-12-25(27)15-26(34)18-35-20-28(32-33-35)24-10-8-23(9-11-24)22-6-2-1-3-7-22/h1-11,13,16,20,25-27H,12,14-15,17-19H2,(H,31,36)/t25-,26-,27+/m1/s1. The molecule has 7 heteroatoms. The maximum Gasteiger partial charge on any atom is 0.224 e. The van der Waals surface area contributed by atoms with E-state index in [0.717, 1.165) is 49.3 Å². The first-order valence-electron chi connectivity index (χ1n) is 12.7. The van der Waals surface area contributed by atoms with Crippen LogP contribution in [0, 0.1) is 11.8 Å². The van der Waals surface area contributed by atoms with E-state index >= 15 is 0 Å². The van der Waals surface area contributed by atoms with E-state index in [1.807, 2.05) is 29.1 Å². The van der Waals surface area contributed by atoms with Gasteiger partial charge in [0.2, 0.25) is 5.91 Å². The van der Waals surface area contributed by atoms with Crippen LogP contribution in [0.15, 0.2) is 85.3 Å². The molecule has 2 bridgehead atoms. The smallest absolute Gasteiger partial charge is 0.224 e. The lowest BCUT2D eigenvalue weighted by atomic mass is 9.75. The molecule has 7 nitrogen and oxygen atoms in total. The number of benzene rings is 2. The highest BCUT2D eigenvalue weighted by molar-refractivity contribution is 5.79. The Morgan fingerprint density at radius 2 is 1.78 bits per heavy atom. The normalized spacial score (nSPS) is 22.9. The van der Waals surface area contributed by atoms with E-state index in [0.29, 0.717) is 18.5 Å². The minimum absolute atomic E-state index is 0.0566. The molecule has 0 aliphatic carbocycles. The van der Waals surface area contributed by atoms with Gasteiger partial charge in [-0.25, -0.2) is 0 Å². The van der Waals surface area contributed by atoms with Gasteiger partial charge in [-0.2, -0.15) is 0 Å². The van der Waals surface area contributed by atoms with E-state index in [4.69, 9.17) is 0 Å². The predicted molar refractivity (Wildman–Crippen MR) is 139 cm³/mol. The first-order valence-corrected chi connectivity index (χ1v) is 12.7. The Bertz CT molecular complexity index is 1300. The highest BCUT2D eigenvalue weighted by Gasteiger charge is 2.43. The van der Waals surface area contributed by atoms with Gasteiger partial charge in [0.25, 0.3) is 0 Å². The lowest BCUT2D eigenvalue weighted by Gasteiger charge is -2.49. The summed E-state index contributed by atoms with van der Waals surface area (Å²) in [5.74, 6) is 0.637. The summed E-state index contributed by atoms with van der Waals surface area (Å²) >= 11 is 0. The van der Waals surface area contributed by atoms with Gasteiger partial charge in [0.05, 0.1) is 18.7 Å². The van der Waals surface area contributed by atoms with Gasteiger partial charge in [-0.3, -0.25) is 19.4 Å². The van der Waals surface area contributed by atoms with Crippen molar-refractivity contribution in [2.75, 3.05) is 13.1 Å². The number of hydrogen-bond donors (Lipinski definition) is 1. The van der Waals surface area contributed by atoms with Crippen molar-refractivity contribution in [2.24, 2.45) is 11.8 Å². The number of aromatic nitrogens is 4. The summed E-state index contributed by atoms with van der Waals surface area (Å²) in [6, 6.07) is 23.1. The van der Waals surface area contributed by atoms with Crippen molar-refractivity contribution in [3.63, 3.8) is 0 Å². The quantitative estimate of drug-likeness (QED) is 0.434. The number of carbonyl (C=O) groups is 1. The Morgan fingerprint density at radius 1 is 0.972 bits per heavy atom. The fourth-order valence-corrected chi connectivity index (χ4v) is 5.65. The second kappa shape index (κ2) is 10.0. The van der Waals surface area contributed by atoms with Crippen molar-refractivity contribution in [3.8, 4) is 22.4 Å². The molecule has 3 aliphatic rings. The van der Waals surface area contributed by atoms with Crippen molar-refractivity contribution in [1.29, 1.82) is 0 Å². The summed E-state index contributed by atoms with van der Waals surface area (Å²) in [4.78, 5) is 19.5. The van der Waals surface area contributed by atoms with Gasteiger partial charge < -0.3 is 5.32 Å². The lowest BCUT2D eigenvalue weighted by Crippen LogP contribution is -2.58. The molecule has 182 valence electrons. The minimum Gasteiger partial charge on any atom is -0.352 e. The SMILES string of the molecule is O=C(NCc1cccnc1)[C@H]1CN2CC[C@@H]1C[C@@H]2Cn1cc(-c2ccc(-c3ccccc3)cc2)nn1. The Kier molecular flexibility index (Phi) is 6.30. The van der Waals surface area contributed by atoms with E-state index in [1.54, 1.807) is 12.4 Å². The number of nitrogens with zero attached hydrogens (tertiary/aromatic N) is 5. The van der Waals surface area contributed by atoms with Crippen LogP contribution in [0.1, 0.15) is 18.4 Å². The fraction of sp³-hybridized carbons (Fsp3) is 0.310. The molecule has 7 rings (SSSR count). The van der Waals surface area contributed by atoms with Crippen LogP contribution in [0.4, 0.5) is 0 Å². The number of hydrogen-bond acceptors (Lipinski definition) is 5. The minimum atomic E-state index is 0.0566. The second-order valence-electron chi connectivity index (χ2n) is 9.89. The summed E-state index contributed by atoms with van der Waals surface area (Å²) in [6.07, 6.45) is 7.69. The fourth-order valence-electron chi connectivity index (χ4n) is 5.65. The molecular formula is C29H30N6O. The monoisotopic (exact) mass is 478 g/mol. The maximum atomic E-state index is 12.9.